The van der Waals surface area contributed by atoms with Crippen LogP contribution >= 0.6 is 11.6 Å². The lowest BCUT2D eigenvalue weighted by Gasteiger charge is -2.41. The van der Waals surface area contributed by atoms with Gasteiger partial charge >= 0.3 is 6.18 Å². The number of alkyl halides is 3. The van der Waals surface area contributed by atoms with Gasteiger partial charge in [-0.1, -0.05) is 35.9 Å². The Labute approximate surface area is 174 Å². The molecule has 1 aliphatic heterocycles. The second-order valence-corrected chi connectivity index (χ2v) is 8.15. The number of β-amino-alcohol motifs (C(OH)–C–C–N with tert-alkyl or cyclic N) is 1. The third-order valence-electron chi connectivity index (χ3n) is 5.52. The van der Waals surface area contributed by atoms with Crippen molar-refractivity contribution in [3.05, 3.63) is 70.2 Å². The molecule has 0 aromatic heterocycles. The zero-order valence-corrected chi connectivity index (χ0v) is 17.1. The molecule has 158 valence electrons. The molecule has 3 rings (SSSR count). The van der Waals surface area contributed by atoms with Crippen LogP contribution in [0.25, 0.3) is 0 Å². The molecule has 2 aromatic carbocycles. The molecule has 0 aliphatic carbocycles. The van der Waals surface area contributed by atoms with Crippen molar-refractivity contribution in [3.63, 3.8) is 0 Å². The second-order valence-electron chi connectivity index (χ2n) is 7.71. The zero-order valence-electron chi connectivity index (χ0n) is 16.4. The first kappa shape index (κ1) is 22.1. The summed E-state index contributed by atoms with van der Waals surface area (Å²) in [6, 6.07) is 12.8. The van der Waals surface area contributed by atoms with Gasteiger partial charge in [-0.05, 0) is 55.3 Å². The fourth-order valence-corrected chi connectivity index (χ4v) is 3.89. The molecule has 29 heavy (non-hydrogen) atoms. The van der Waals surface area contributed by atoms with E-state index in [1.54, 1.807) is 24.3 Å². The lowest BCUT2D eigenvalue weighted by atomic mass is 10.00. The van der Waals surface area contributed by atoms with Gasteiger partial charge in [0.2, 0.25) is 0 Å². The fraction of sp³-hybridized carbons (Fsp3) is 0.455. The number of aliphatic hydroxyl groups excluding tert-OH is 1. The van der Waals surface area contributed by atoms with Crippen LogP contribution in [0.2, 0.25) is 5.02 Å². The Hall–Kier alpha value is -1.60. The largest absolute Gasteiger partial charge is 0.416 e. The Kier molecular flexibility index (Phi) is 7.22. The summed E-state index contributed by atoms with van der Waals surface area (Å²) in [4.78, 5) is 4.53. The number of rotatable bonds is 6. The van der Waals surface area contributed by atoms with E-state index in [0.717, 1.165) is 49.3 Å². The van der Waals surface area contributed by atoms with E-state index in [-0.39, 0.29) is 6.04 Å². The van der Waals surface area contributed by atoms with Crippen molar-refractivity contribution in [2.75, 3.05) is 33.2 Å². The lowest BCUT2D eigenvalue weighted by molar-refractivity contribution is -0.137. The van der Waals surface area contributed by atoms with Gasteiger partial charge in [0.1, 0.15) is 0 Å². The van der Waals surface area contributed by atoms with Crippen LogP contribution in [-0.2, 0) is 12.6 Å². The molecule has 0 spiro atoms. The molecule has 1 saturated heterocycles. The summed E-state index contributed by atoms with van der Waals surface area (Å²) in [7, 11) is 2.07. The lowest BCUT2D eigenvalue weighted by Crippen LogP contribution is -2.53. The number of benzene rings is 2. The number of likely N-dealkylation sites (N-methyl/N-ethyl adjacent to an activating group) is 1. The van der Waals surface area contributed by atoms with Gasteiger partial charge in [-0.25, -0.2) is 0 Å². The van der Waals surface area contributed by atoms with Gasteiger partial charge in [0.15, 0.2) is 0 Å². The molecule has 0 radical (unpaired) electrons. The summed E-state index contributed by atoms with van der Waals surface area (Å²) in [5.41, 5.74) is 1.10. The fourth-order valence-electron chi connectivity index (χ4n) is 3.77. The van der Waals surface area contributed by atoms with Crippen LogP contribution in [0.1, 0.15) is 29.2 Å². The van der Waals surface area contributed by atoms with Crippen molar-refractivity contribution in [3.8, 4) is 0 Å². The highest BCUT2D eigenvalue weighted by Crippen LogP contribution is 2.29. The Morgan fingerprint density at radius 1 is 1.07 bits per heavy atom. The molecule has 1 N–H and O–H groups in total. The van der Waals surface area contributed by atoms with Crippen LogP contribution in [0.4, 0.5) is 13.2 Å². The van der Waals surface area contributed by atoms with Crippen molar-refractivity contribution in [1.82, 2.24) is 9.80 Å². The van der Waals surface area contributed by atoms with Gasteiger partial charge in [0.05, 0.1) is 11.7 Å². The molecule has 3 nitrogen and oxygen atoms in total. The SMILES string of the molecule is CN1CCN(CC(O)c2ccc(Cl)cc2)C(CCc2ccc(C(F)(F)F)cc2)C1. The smallest absolute Gasteiger partial charge is 0.387 e. The standard InChI is InChI=1S/C22H26ClF3N2O/c1-27-12-13-28(15-21(29)17-5-9-19(23)10-6-17)20(14-27)11-4-16-2-7-18(8-3-16)22(24,25)26/h2-3,5-10,20-21,29H,4,11-15H2,1H3. The van der Waals surface area contributed by atoms with Gasteiger partial charge < -0.3 is 10.0 Å². The number of piperazine rings is 1. The van der Waals surface area contributed by atoms with Gasteiger partial charge in [-0.2, -0.15) is 13.2 Å². The molecule has 0 saturated carbocycles. The minimum atomic E-state index is -4.31. The summed E-state index contributed by atoms with van der Waals surface area (Å²) in [6.07, 6.45) is -3.39. The van der Waals surface area contributed by atoms with Crippen molar-refractivity contribution in [2.24, 2.45) is 0 Å². The molecular formula is C22H26ClF3N2O. The van der Waals surface area contributed by atoms with E-state index in [1.807, 2.05) is 12.1 Å². The number of aliphatic hydroxyl groups is 1. The van der Waals surface area contributed by atoms with Crippen LogP contribution in [0, 0.1) is 0 Å². The molecule has 1 heterocycles. The Balaban J connectivity index is 1.61. The number of hydrogen-bond acceptors (Lipinski definition) is 3. The van der Waals surface area contributed by atoms with Crippen molar-refractivity contribution < 1.29 is 18.3 Å². The van der Waals surface area contributed by atoms with Crippen LogP contribution in [0.5, 0.6) is 0 Å². The number of nitrogens with zero attached hydrogens (tertiary/aromatic N) is 2. The number of aryl methyl sites for hydroxylation is 1. The molecule has 0 bridgehead atoms. The first-order valence-electron chi connectivity index (χ1n) is 9.74. The minimum absolute atomic E-state index is 0.234. The predicted octanol–water partition coefficient (Wildman–Crippen LogP) is 4.64. The van der Waals surface area contributed by atoms with Gasteiger partial charge in [-0.3, -0.25) is 4.90 Å². The highest BCUT2D eigenvalue weighted by Gasteiger charge is 2.30. The average molecular weight is 427 g/mol. The maximum absolute atomic E-state index is 12.7. The molecule has 2 atom stereocenters. The normalized spacial score (nSPS) is 20.0. The van der Waals surface area contributed by atoms with E-state index in [1.165, 1.54) is 0 Å². The Morgan fingerprint density at radius 2 is 1.72 bits per heavy atom. The average Bonchev–Trinajstić information content (AvgIpc) is 2.68. The summed E-state index contributed by atoms with van der Waals surface area (Å²) in [5, 5.41) is 11.3. The first-order chi connectivity index (χ1) is 13.7. The Morgan fingerprint density at radius 3 is 2.34 bits per heavy atom. The molecule has 7 heteroatoms. The molecular weight excluding hydrogens is 401 g/mol. The van der Waals surface area contributed by atoms with Gasteiger partial charge in [-0.15, -0.1) is 0 Å². The predicted molar refractivity (Wildman–Crippen MR) is 109 cm³/mol. The van der Waals surface area contributed by atoms with E-state index in [2.05, 4.69) is 16.8 Å². The zero-order chi connectivity index (χ0) is 21.0. The number of hydrogen-bond donors (Lipinski definition) is 1. The topological polar surface area (TPSA) is 26.7 Å². The first-order valence-corrected chi connectivity index (χ1v) is 10.1. The van der Waals surface area contributed by atoms with E-state index in [9.17, 15) is 18.3 Å². The summed E-state index contributed by atoms with van der Waals surface area (Å²) >= 11 is 5.92. The monoisotopic (exact) mass is 426 g/mol. The van der Waals surface area contributed by atoms with E-state index in [0.29, 0.717) is 18.0 Å². The maximum Gasteiger partial charge on any atom is 0.416 e. The molecule has 1 aliphatic rings. The van der Waals surface area contributed by atoms with Crippen molar-refractivity contribution in [2.45, 2.75) is 31.2 Å². The van der Waals surface area contributed by atoms with Gasteiger partial charge in [0.25, 0.3) is 0 Å². The van der Waals surface area contributed by atoms with E-state index < -0.39 is 17.8 Å². The van der Waals surface area contributed by atoms with Crippen LogP contribution < -0.4 is 0 Å². The molecule has 0 amide bonds. The van der Waals surface area contributed by atoms with Crippen LogP contribution in [0.3, 0.4) is 0 Å². The minimum Gasteiger partial charge on any atom is -0.387 e. The second kappa shape index (κ2) is 9.47. The highest BCUT2D eigenvalue weighted by atomic mass is 35.5. The van der Waals surface area contributed by atoms with Crippen LogP contribution in [0.15, 0.2) is 48.5 Å². The summed E-state index contributed by atoms with van der Waals surface area (Å²) in [5.74, 6) is 0. The molecule has 2 unspecified atom stereocenters. The van der Waals surface area contributed by atoms with E-state index in [4.69, 9.17) is 11.6 Å². The molecule has 1 fully saturated rings. The maximum atomic E-state index is 12.7. The number of halogens is 4. The third-order valence-corrected chi connectivity index (χ3v) is 5.77. The van der Waals surface area contributed by atoms with Crippen LogP contribution in [-0.4, -0.2) is 54.2 Å². The quantitative estimate of drug-likeness (QED) is 0.728. The van der Waals surface area contributed by atoms with Crippen molar-refractivity contribution in [1.29, 1.82) is 0 Å². The Bertz CT molecular complexity index is 780. The highest BCUT2D eigenvalue weighted by molar-refractivity contribution is 6.30. The third kappa shape index (κ3) is 6.19. The van der Waals surface area contributed by atoms with Crippen molar-refractivity contribution >= 4 is 11.6 Å². The van der Waals surface area contributed by atoms with E-state index >= 15 is 0 Å². The van der Waals surface area contributed by atoms with Gasteiger partial charge in [0, 0.05) is 37.2 Å². The summed E-state index contributed by atoms with van der Waals surface area (Å²) in [6.45, 7) is 3.16. The summed E-state index contributed by atoms with van der Waals surface area (Å²) < 4.78 is 38.2. The molecule has 2 aromatic rings.